The monoisotopic (exact) mass is 542 g/mol. The smallest absolute Gasteiger partial charge is 0.203 e. The number of hydrogen-bond donors (Lipinski definition) is 0. The third kappa shape index (κ3) is 3.55. The molecular formula is C31H46O6Si. The Morgan fingerprint density at radius 1 is 1.03 bits per heavy atom. The molecule has 6 atom stereocenters. The summed E-state index contributed by atoms with van der Waals surface area (Å²) in [7, 11) is -0.496. The molecule has 5 aliphatic rings. The van der Waals surface area contributed by atoms with Gasteiger partial charge in [0.15, 0.2) is 6.79 Å². The highest BCUT2D eigenvalue weighted by molar-refractivity contribution is 6.77. The summed E-state index contributed by atoms with van der Waals surface area (Å²) in [6.45, 7) is 18.0. The van der Waals surface area contributed by atoms with Crippen LogP contribution in [0, 0.1) is 17.8 Å². The number of epoxide rings is 1. The van der Waals surface area contributed by atoms with E-state index in [4.69, 9.17) is 28.1 Å². The predicted molar refractivity (Wildman–Crippen MR) is 150 cm³/mol. The van der Waals surface area contributed by atoms with Gasteiger partial charge in [-0.1, -0.05) is 59.8 Å². The molecule has 1 aromatic carbocycles. The van der Waals surface area contributed by atoms with Crippen molar-refractivity contribution in [1.82, 2.24) is 0 Å². The number of allylic oxidation sites excluding steroid dienone is 2. The summed E-state index contributed by atoms with van der Waals surface area (Å²) in [4.78, 5) is 0. The van der Waals surface area contributed by atoms with Gasteiger partial charge in [-0.2, -0.15) is 0 Å². The molecule has 2 saturated heterocycles. The van der Waals surface area contributed by atoms with E-state index in [1.54, 1.807) is 7.11 Å². The molecule has 0 aromatic heterocycles. The molecule has 0 bridgehead atoms. The number of methoxy groups -OCH3 is 1. The van der Waals surface area contributed by atoms with E-state index >= 15 is 0 Å². The average molecular weight is 543 g/mol. The molecule has 6 nitrogen and oxygen atoms in total. The van der Waals surface area contributed by atoms with Gasteiger partial charge in [-0.25, -0.2) is 0 Å². The van der Waals surface area contributed by atoms with Gasteiger partial charge in [-0.3, -0.25) is 0 Å². The molecule has 3 fully saturated rings. The lowest BCUT2D eigenvalue weighted by Crippen LogP contribution is -2.66. The first-order chi connectivity index (χ1) is 18.1. The Kier molecular flexibility index (Phi) is 6.69. The van der Waals surface area contributed by atoms with Crippen LogP contribution in [-0.2, 0) is 29.8 Å². The average Bonchev–Trinajstić information content (AvgIpc) is 3.21. The fraction of sp³-hybridized carbons (Fsp3) is 0.742. The van der Waals surface area contributed by atoms with Crippen LogP contribution in [-0.4, -0.2) is 59.0 Å². The normalized spacial score (nSPS) is 34.8. The highest BCUT2D eigenvalue weighted by Crippen LogP contribution is 2.67. The summed E-state index contributed by atoms with van der Waals surface area (Å²) >= 11 is 0. The van der Waals surface area contributed by atoms with Crippen molar-refractivity contribution in [3.63, 3.8) is 0 Å². The van der Waals surface area contributed by atoms with Crippen molar-refractivity contribution in [2.45, 2.75) is 102 Å². The Balaban J connectivity index is 1.45. The zero-order valence-electron chi connectivity index (χ0n) is 24.4. The first-order valence-electron chi connectivity index (χ1n) is 14.7. The van der Waals surface area contributed by atoms with Crippen LogP contribution >= 0.6 is 0 Å². The molecule has 7 heteroatoms. The maximum atomic E-state index is 7.68. The van der Waals surface area contributed by atoms with E-state index in [1.165, 1.54) is 16.7 Å². The van der Waals surface area contributed by atoms with Gasteiger partial charge in [0.1, 0.15) is 17.5 Å². The van der Waals surface area contributed by atoms with E-state index in [-0.39, 0.29) is 30.8 Å². The first-order valence-corrected chi connectivity index (χ1v) is 16.8. The van der Waals surface area contributed by atoms with Gasteiger partial charge >= 0.3 is 0 Å². The van der Waals surface area contributed by atoms with E-state index in [0.717, 1.165) is 18.6 Å². The van der Waals surface area contributed by atoms with Crippen LogP contribution in [0.4, 0.5) is 0 Å². The first kappa shape index (κ1) is 27.0. The van der Waals surface area contributed by atoms with Crippen LogP contribution in [0.2, 0.25) is 16.6 Å². The molecule has 6 rings (SSSR count). The second kappa shape index (κ2) is 9.42. The Morgan fingerprint density at radius 3 is 2.34 bits per heavy atom. The van der Waals surface area contributed by atoms with Gasteiger partial charge < -0.3 is 28.1 Å². The highest BCUT2D eigenvalue weighted by atomic mass is 28.4. The summed E-state index contributed by atoms with van der Waals surface area (Å²) in [6, 6.07) is 6.43. The van der Waals surface area contributed by atoms with Crippen molar-refractivity contribution in [2.24, 2.45) is 17.8 Å². The molecule has 38 heavy (non-hydrogen) atoms. The highest BCUT2D eigenvalue weighted by Gasteiger charge is 2.80. The molecule has 1 spiro atoms. The lowest BCUT2D eigenvalue weighted by molar-refractivity contribution is -0.261. The summed E-state index contributed by atoms with van der Waals surface area (Å²) in [5, 5.41) is 0. The van der Waals surface area contributed by atoms with Crippen LogP contribution in [0.15, 0.2) is 24.3 Å². The Morgan fingerprint density at radius 2 is 1.71 bits per heavy atom. The molecule has 210 valence electrons. The lowest BCUT2D eigenvalue weighted by Gasteiger charge is -2.55. The summed E-state index contributed by atoms with van der Waals surface area (Å²) < 4.78 is 38.8. The Labute approximate surface area is 229 Å². The van der Waals surface area contributed by atoms with E-state index < -0.39 is 19.7 Å². The van der Waals surface area contributed by atoms with E-state index in [1.807, 2.05) is 0 Å². The number of ether oxygens (including phenoxy) is 5. The van der Waals surface area contributed by atoms with E-state index in [2.05, 4.69) is 72.7 Å². The number of benzene rings is 1. The predicted octanol–water partition coefficient (Wildman–Crippen LogP) is 6.34. The topological polar surface area (TPSA) is 58.7 Å². The van der Waals surface area contributed by atoms with Gasteiger partial charge in [-0.15, -0.1) is 0 Å². The van der Waals surface area contributed by atoms with Crippen LogP contribution in [0.5, 0.6) is 5.75 Å². The number of hydrogen-bond acceptors (Lipinski definition) is 6. The minimum Gasteiger partial charge on any atom is -0.467 e. The van der Waals surface area contributed by atoms with Crippen LogP contribution in [0.3, 0.4) is 0 Å². The molecular weight excluding hydrogens is 496 g/mol. The number of fused-ring (bicyclic) bond motifs is 8. The van der Waals surface area contributed by atoms with Crippen molar-refractivity contribution >= 4 is 13.9 Å². The Hall–Kier alpha value is -1.22. The standard InChI is InChI=1S/C31H46O6Si/c1-18(2)38(19(3)4,20(5)6)37-28-27-23-16-21-10-9-11-25(33-17-32-8)26(21)22(23)12-13-24(27)31(34-14-15-35-31)30(7)29(28)36-30/h9-12,18-20,23-24,27-29H,13-17H2,1-8H3/t23-,24-,27+,28-,29+,30+/m1/s1. The molecule has 2 heterocycles. The molecule has 3 aliphatic carbocycles. The molecule has 0 unspecified atom stereocenters. The number of rotatable bonds is 8. The van der Waals surface area contributed by atoms with E-state index in [0.29, 0.717) is 35.8 Å². The van der Waals surface area contributed by atoms with Gasteiger partial charge in [-0.05, 0) is 59.5 Å². The van der Waals surface area contributed by atoms with Crippen molar-refractivity contribution in [1.29, 1.82) is 0 Å². The van der Waals surface area contributed by atoms with Gasteiger partial charge in [0.25, 0.3) is 0 Å². The quantitative estimate of drug-likeness (QED) is 0.217. The molecule has 0 amide bonds. The van der Waals surface area contributed by atoms with Gasteiger partial charge in [0.05, 0.1) is 19.3 Å². The van der Waals surface area contributed by atoms with Crippen molar-refractivity contribution in [3.8, 4) is 5.75 Å². The second-order valence-electron chi connectivity index (χ2n) is 13.1. The largest absolute Gasteiger partial charge is 0.467 e. The summed E-state index contributed by atoms with van der Waals surface area (Å²) in [5.41, 5.74) is 5.05. The molecule has 1 saturated carbocycles. The van der Waals surface area contributed by atoms with Gasteiger partial charge in [0.2, 0.25) is 14.1 Å². The molecule has 0 radical (unpaired) electrons. The van der Waals surface area contributed by atoms with E-state index in [9.17, 15) is 0 Å². The SMILES string of the molecule is COCOc1cccc2c1C1=CC[C@@H]3[C@@H]([C@@H](O[Si](C(C)C)(C(C)C)C(C)C)[C@@H]4O[C@]4(C)C34OCCO4)[C@@H]1C2. The summed E-state index contributed by atoms with van der Waals surface area (Å²) in [6.07, 6.45) is 4.31. The Bertz CT molecular complexity index is 1070. The molecule has 0 N–H and O–H groups in total. The minimum atomic E-state index is -2.17. The third-order valence-corrected chi connectivity index (χ3v) is 16.7. The van der Waals surface area contributed by atoms with Crippen LogP contribution < -0.4 is 4.74 Å². The van der Waals surface area contributed by atoms with Crippen molar-refractivity contribution < 1.29 is 28.1 Å². The zero-order valence-corrected chi connectivity index (χ0v) is 25.4. The maximum absolute atomic E-state index is 7.68. The lowest BCUT2D eigenvalue weighted by atomic mass is 9.59. The third-order valence-electron chi connectivity index (χ3n) is 10.6. The van der Waals surface area contributed by atoms with Crippen LogP contribution in [0.1, 0.15) is 66.0 Å². The van der Waals surface area contributed by atoms with Crippen molar-refractivity contribution in [3.05, 3.63) is 35.4 Å². The van der Waals surface area contributed by atoms with Crippen molar-refractivity contribution in [2.75, 3.05) is 27.1 Å². The minimum absolute atomic E-state index is 0.0164. The van der Waals surface area contributed by atoms with Crippen LogP contribution in [0.25, 0.3) is 5.57 Å². The maximum Gasteiger partial charge on any atom is 0.203 e. The molecule has 2 aliphatic heterocycles. The zero-order chi connectivity index (χ0) is 27.0. The second-order valence-corrected chi connectivity index (χ2v) is 18.5. The summed E-state index contributed by atoms with van der Waals surface area (Å²) in [5.74, 6) is 0.961. The van der Waals surface area contributed by atoms with Gasteiger partial charge in [0, 0.05) is 24.5 Å². The molecule has 1 aromatic rings. The fourth-order valence-corrected chi connectivity index (χ4v) is 14.7. The fourth-order valence-electron chi connectivity index (χ4n) is 9.18.